The van der Waals surface area contributed by atoms with Crippen molar-refractivity contribution in [3.63, 3.8) is 0 Å². The molecule has 0 radical (unpaired) electrons. The highest BCUT2D eigenvalue weighted by atomic mass is 32.2. The van der Waals surface area contributed by atoms with E-state index in [1.54, 1.807) is 12.1 Å². The summed E-state index contributed by atoms with van der Waals surface area (Å²) < 4.78 is 35.4. The van der Waals surface area contributed by atoms with Crippen LogP contribution >= 0.6 is 22.9 Å². The van der Waals surface area contributed by atoms with Crippen molar-refractivity contribution in [1.82, 2.24) is 4.37 Å². The molecule has 0 unspecified atom stereocenters. The van der Waals surface area contributed by atoms with Crippen molar-refractivity contribution >= 4 is 44.5 Å². The number of esters is 1. The van der Waals surface area contributed by atoms with Gasteiger partial charge >= 0.3 is 5.97 Å². The number of anilines is 1. The van der Waals surface area contributed by atoms with Crippen molar-refractivity contribution < 1.29 is 17.9 Å². The molecule has 108 valence electrons. The predicted molar refractivity (Wildman–Crippen MR) is 78.0 cm³/mol. The molecule has 0 aliphatic carbocycles. The molecule has 0 atom stereocenters. The van der Waals surface area contributed by atoms with Crippen LogP contribution in [0.5, 0.6) is 0 Å². The van der Waals surface area contributed by atoms with E-state index in [1.165, 1.54) is 23.8 Å². The Morgan fingerprint density at radius 3 is 2.80 bits per heavy atom. The van der Waals surface area contributed by atoms with Gasteiger partial charge in [-0.1, -0.05) is 6.92 Å². The van der Waals surface area contributed by atoms with Gasteiger partial charge in [0.05, 0.1) is 12.8 Å². The molecule has 0 saturated carbocycles. The number of ether oxygens (including phenoxy) is 1. The molecule has 2 aromatic heterocycles. The van der Waals surface area contributed by atoms with Crippen LogP contribution in [0.4, 0.5) is 5.69 Å². The van der Waals surface area contributed by atoms with E-state index in [1.807, 2.05) is 6.92 Å². The smallest absolute Gasteiger partial charge is 0.359 e. The number of aromatic nitrogens is 1. The molecule has 9 heteroatoms. The molecule has 0 aromatic carbocycles. The SMILES string of the molecule is CCc1ccc(S(=O)(=O)Nc2csnc2C(=O)OC)s1. The molecular weight excluding hydrogens is 320 g/mol. The lowest BCUT2D eigenvalue weighted by Gasteiger charge is -2.05. The summed E-state index contributed by atoms with van der Waals surface area (Å²) in [5.74, 6) is -0.677. The lowest BCUT2D eigenvalue weighted by Crippen LogP contribution is -2.14. The van der Waals surface area contributed by atoms with E-state index in [-0.39, 0.29) is 15.6 Å². The zero-order valence-corrected chi connectivity index (χ0v) is 13.2. The Kier molecular flexibility index (Phi) is 4.41. The maximum Gasteiger partial charge on any atom is 0.359 e. The van der Waals surface area contributed by atoms with E-state index in [9.17, 15) is 13.2 Å². The summed E-state index contributed by atoms with van der Waals surface area (Å²) in [4.78, 5) is 12.4. The molecule has 0 amide bonds. The van der Waals surface area contributed by atoms with Crippen LogP contribution in [0, 0.1) is 0 Å². The standard InChI is InChI=1S/C11H12N2O4S3/c1-3-7-4-5-9(19-7)20(15,16)13-8-6-18-12-10(8)11(14)17-2/h4-6,13H,3H2,1-2H3. The van der Waals surface area contributed by atoms with Gasteiger partial charge in [-0.2, -0.15) is 4.37 Å². The third-order valence-corrected chi connectivity index (χ3v) is 6.16. The van der Waals surface area contributed by atoms with Crippen molar-refractivity contribution in [2.24, 2.45) is 0 Å². The van der Waals surface area contributed by atoms with E-state index in [0.29, 0.717) is 0 Å². The maximum absolute atomic E-state index is 12.2. The van der Waals surface area contributed by atoms with E-state index in [2.05, 4.69) is 13.8 Å². The van der Waals surface area contributed by atoms with Crippen molar-refractivity contribution in [1.29, 1.82) is 0 Å². The molecule has 0 bridgehead atoms. The van der Waals surface area contributed by atoms with Gasteiger partial charge in [-0.05, 0) is 30.1 Å². The molecular formula is C11H12N2O4S3. The molecule has 1 N–H and O–H groups in total. The molecule has 2 heterocycles. The second kappa shape index (κ2) is 5.90. The summed E-state index contributed by atoms with van der Waals surface area (Å²) >= 11 is 2.18. The first kappa shape index (κ1) is 14.9. The van der Waals surface area contributed by atoms with Crippen molar-refractivity contribution in [2.75, 3.05) is 11.8 Å². The first-order chi connectivity index (χ1) is 9.47. The molecule has 20 heavy (non-hydrogen) atoms. The number of aryl methyl sites for hydroxylation is 1. The molecule has 2 rings (SSSR count). The Bertz CT molecular complexity index is 718. The molecule has 0 aliphatic rings. The Morgan fingerprint density at radius 2 is 2.20 bits per heavy atom. The van der Waals surface area contributed by atoms with E-state index < -0.39 is 16.0 Å². The Morgan fingerprint density at radius 1 is 1.45 bits per heavy atom. The number of hydrogen-bond donors (Lipinski definition) is 1. The zero-order valence-electron chi connectivity index (χ0n) is 10.7. The quantitative estimate of drug-likeness (QED) is 0.850. The number of nitrogens with zero attached hydrogens (tertiary/aromatic N) is 1. The number of methoxy groups -OCH3 is 1. The van der Waals surface area contributed by atoms with Gasteiger partial charge in [-0.3, -0.25) is 4.72 Å². The maximum atomic E-state index is 12.2. The van der Waals surface area contributed by atoms with Gasteiger partial charge in [-0.25, -0.2) is 13.2 Å². The average Bonchev–Trinajstić information content (AvgIpc) is 3.06. The fourth-order valence-electron chi connectivity index (χ4n) is 1.44. The Balaban J connectivity index is 2.29. The zero-order chi connectivity index (χ0) is 14.8. The van der Waals surface area contributed by atoms with E-state index in [4.69, 9.17) is 0 Å². The molecule has 0 aliphatic heterocycles. The highest BCUT2D eigenvalue weighted by Gasteiger charge is 2.22. The minimum atomic E-state index is -3.71. The van der Waals surface area contributed by atoms with Crippen molar-refractivity contribution in [3.05, 3.63) is 28.1 Å². The number of thiophene rings is 1. The van der Waals surface area contributed by atoms with E-state index in [0.717, 1.165) is 22.8 Å². The van der Waals surface area contributed by atoms with Crippen LogP contribution in [-0.4, -0.2) is 25.9 Å². The summed E-state index contributed by atoms with van der Waals surface area (Å²) in [5.41, 5.74) is 0.0987. The van der Waals surface area contributed by atoms with Crippen LogP contribution in [0.25, 0.3) is 0 Å². The number of sulfonamides is 1. The lowest BCUT2D eigenvalue weighted by atomic mass is 10.4. The van der Waals surface area contributed by atoms with E-state index >= 15 is 0 Å². The fourth-order valence-corrected chi connectivity index (χ4v) is 4.48. The number of carbonyl (C=O) groups is 1. The molecule has 0 spiro atoms. The second-order valence-corrected chi connectivity index (χ2v) is 7.45. The predicted octanol–water partition coefficient (Wildman–Crippen LogP) is 2.35. The summed E-state index contributed by atoms with van der Waals surface area (Å²) in [7, 11) is -2.49. The van der Waals surface area contributed by atoms with Gasteiger partial charge in [-0.15, -0.1) is 11.3 Å². The Hall–Kier alpha value is -1.45. The summed E-state index contributed by atoms with van der Waals surface area (Å²) in [6.07, 6.45) is 0.771. The Labute approximate surface area is 124 Å². The number of rotatable bonds is 5. The first-order valence-corrected chi connectivity index (χ1v) is 8.75. The minimum absolute atomic E-state index is 0.0339. The van der Waals surface area contributed by atoms with Gasteiger partial charge in [0.1, 0.15) is 4.21 Å². The first-order valence-electron chi connectivity index (χ1n) is 5.62. The summed E-state index contributed by atoms with van der Waals surface area (Å²) in [5, 5.41) is 1.46. The van der Waals surface area contributed by atoms with Gasteiger partial charge in [0.2, 0.25) is 0 Å². The van der Waals surface area contributed by atoms with Gasteiger partial charge in [0.25, 0.3) is 10.0 Å². The minimum Gasteiger partial charge on any atom is -0.464 e. The van der Waals surface area contributed by atoms with Gasteiger partial charge < -0.3 is 4.74 Å². The van der Waals surface area contributed by atoms with Crippen molar-refractivity contribution in [3.8, 4) is 0 Å². The molecule has 6 nitrogen and oxygen atoms in total. The summed E-state index contributed by atoms with van der Waals surface area (Å²) in [6.45, 7) is 1.95. The van der Waals surface area contributed by atoms with Gasteiger partial charge in [0.15, 0.2) is 5.69 Å². The van der Waals surface area contributed by atoms with Crippen LogP contribution in [0.2, 0.25) is 0 Å². The number of nitrogens with one attached hydrogen (secondary N) is 1. The largest absolute Gasteiger partial charge is 0.464 e. The van der Waals surface area contributed by atoms with Crippen molar-refractivity contribution in [2.45, 2.75) is 17.6 Å². The fraction of sp³-hybridized carbons (Fsp3) is 0.273. The molecule has 0 fully saturated rings. The summed E-state index contributed by atoms with van der Waals surface area (Å²) in [6, 6.07) is 3.32. The van der Waals surface area contributed by atoms with Gasteiger partial charge in [0, 0.05) is 10.3 Å². The van der Waals surface area contributed by atoms with Crippen LogP contribution in [0.3, 0.4) is 0 Å². The van der Waals surface area contributed by atoms with Crippen LogP contribution in [-0.2, 0) is 21.2 Å². The topological polar surface area (TPSA) is 85.4 Å². The second-order valence-electron chi connectivity index (χ2n) is 3.75. The normalized spacial score (nSPS) is 11.3. The van der Waals surface area contributed by atoms with Crippen LogP contribution < -0.4 is 4.72 Å². The number of hydrogen-bond acceptors (Lipinski definition) is 7. The van der Waals surface area contributed by atoms with Crippen LogP contribution in [0.1, 0.15) is 22.3 Å². The highest BCUT2D eigenvalue weighted by Crippen LogP contribution is 2.26. The molecule has 2 aromatic rings. The highest BCUT2D eigenvalue weighted by molar-refractivity contribution is 7.94. The monoisotopic (exact) mass is 332 g/mol. The average molecular weight is 332 g/mol. The number of carbonyl (C=O) groups excluding carboxylic acids is 1. The lowest BCUT2D eigenvalue weighted by molar-refractivity contribution is 0.0597. The third kappa shape index (κ3) is 3.00. The third-order valence-electron chi connectivity index (χ3n) is 2.44. The molecule has 0 saturated heterocycles. The van der Waals surface area contributed by atoms with Crippen LogP contribution in [0.15, 0.2) is 21.7 Å².